The molecule has 28 heavy (non-hydrogen) atoms. The largest absolute Gasteiger partial charge is 0.491 e. The molecule has 154 valence electrons. The molecule has 2 saturated carbocycles. The first-order valence-corrected chi connectivity index (χ1v) is 10.5. The Morgan fingerprint density at radius 2 is 2.00 bits per heavy atom. The minimum atomic E-state index is 0.0827. The van der Waals surface area contributed by atoms with Gasteiger partial charge in [0.25, 0.3) is 0 Å². The summed E-state index contributed by atoms with van der Waals surface area (Å²) in [6, 6.07) is 8.55. The third-order valence-electron chi connectivity index (χ3n) is 7.62. The van der Waals surface area contributed by atoms with E-state index in [9.17, 15) is 4.79 Å². The molecule has 2 aliphatic carbocycles. The highest BCUT2D eigenvalue weighted by Crippen LogP contribution is 2.70. The molecule has 4 rings (SSSR count). The van der Waals surface area contributed by atoms with Crippen molar-refractivity contribution in [2.45, 2.75) is 52.2 Å². The fourth-order valence-corrected chi connectivity index (χ4v) is 6.32. The quantitative estimate of drug-likeness (QED) is 0.756. The number of benzene rings is 1. The highest BCUT2D eigenvalue weighted by molar-refractivity contribution is 5.73. The first-order valence-electron chi connectivity index (χ1n) is 10.5. The van der Waals surface area contributed by atoms with Gasteiger partial charge in [0.15, 0.2) is 0 Å². The van der Waals surface area contributed by atoms with Gasteiger partial charge in [-0.05, 0) is 59.6 Å². The molecule has 1 aromatic rings. The summed E-state index contributed by atoms with van der Waals surface area (Å²) in [5.41, 5.74) is 1.51. The lowest BCUT2D eigenvalue weighted by Gasteiger charge is -2.53. The monoisotopic (exact) mass is 387 g/mol. The SMILES string of the molecule is COCCOc1ccc([C@H]2OCC[C@@]34C[C@@H](C[C@H]23)C(C)(C)[C@H]4NC(C)=O)cc1. The molecule has 5 atom stereocenters. The van der Waals surface area contributed by atoms with E-state index in [0.717, 1.165) is 18.8 Å². The molecule has 0 unspecified atom stereocenters. The molecule has 3 aliphatic rings. The van der Waals surface area contributed by atoms with Crippen molar-refractivity contribution >= 4 is 5.91 Å². The van der Waals surface area contributed by atoms with Gasteiger partial charge in [0, 0.05) is 26.7 Å². The molecule has 1 aromatic carbocycles. The maximum atomic E-state index is 12.0. The van der Waals surface area contributed by atoms with E-state index in [4.69, 9.17) is 14.2 Å². The zero-order chi connectivity index (χ0) is 19.9. The molecule has 1 N–H and O–H groups in total. The van der Waals surface area contributed by atoms with Crippen molar-refractivity contribution in [3.8, 4) is 5.75 Å². The summed E-state index contributed by atoms with van der Waals surface area (Å²) < 4.78 is 17.0. The van der Waals surface area contributed by atoms with Crippen LogP contribution in [0.5, 0.6) is 5.75 Å². The standard InChI is InChI=1S/C23H33NO4/c1-15(25)24-21-22(2,3)17-13-19-20(28-10-9-23(19,21)14-17)16-5-7-18(8-6-16)27-12-11-26-4/h5-8,17,19-21H,9-14H2,1-4H3,(H,24,25)/t17-,19-,20-,21-,23-/m1/s1. The van der Waals surface area contributed by atoms with Crippen molar-refractivity contribution < 1.29 is 19.0 Å². The van der Waals surface area contributed by atoms with E-state index in [1.807, 2.05) is 12.1 Å². The van der Waals surface area contributed by atoms with Gasteiger partial charge in [-0.2, -0.15) is 0 Å². The number of nitrogens with one attached hydrogen (secondary N) is 1. The van der Waals surface area contributed by atoms with E-state index in [-0.39, 0.29) is 28.9 Å². The predicted octanol–water partition coefficient (Wildman–Crippen LogP) is 3.73. The van der Waals surface area contributed by atoms with E-state index < -0.39 is 0 Å². The predicted molar refractivity (Wildman–Crippen MR) is 107 cm³/mol. The van der Waals surface area contributed by atoms with E-state index in [1.165, 1.54) is 18.4 Å². The van der Waals surface area contributed by atoms with Gasteiger partial charge in [-0.15, -0.1) is 0 Å². The van der Waals surface area contributed by atoms with Crippen molar-refractivity contribution in [3.63, 3.8) is 0 Å². The molecule has 5 nitrogen and oxygen atoms in total. The Labute approximate surface area is 168 Å². The molecule has 1 amide bonds. The maximum Gasteiger partial charge on any atom is 0.217 e. The number of carbonyl (C=O) groups is 1. The van der Waals surface area contributed by atoms with Crippen LogP contribution in [0.25, 0.3) is 0 Å². The molecular weight excluding hydrogens is 354 g/mol. The van der Waals surface area contributed by atoms with Gasteiger partial charge >= 0.3 is 0 Å². The highest BCUT2D eigenvalue weighted by Gasteiger charge is 2.68. The molecule has 1 heterocycles. The van der Waals surface area contributed by atoms with Gasteiger partial charge in [-0.3, -0.25) is 4.79 Å². The number of fused-ring (bicyclic) bond motifs is 1. The van der Waals surface area contributed by atoms with Crippen molar-refractivity contribution in [2.24, 2.45) is 22.7 Å². The Bertz CT molecular complexity index is 716. The molecule has 1 aliphatic heterocycles. The molecule has 5 heteroatoms. The number of amides is 1. The van der Waals surface area contributed by atoms with Gasteiger partial charge in [-0.25, -0.2) is 0 Å². The molecule has 3 fully saturated rings. The third kappa shape index (κ3) is 3.13. The number of hydrogen-bond donors (Lipinski definition) is 1. The minimum absolute atomic E-state index is 0.0827. The second kappa shape index (κ2) is 7.34. The number of rotatable bonds is 6. The third-order valence-corrected chi connectivity index (χ3v) is 7.62. The second-order valence-corrected chi connectivity index (χ2v) is 9.38. The summed E-state index contributed by atoms with van der Waals surface area (Å²) in [7, 11) is 1.67. The first kappa shape index (κ1) is 19.7. The molecule has 1 saturated heterocycles. The number of carbonyl (C=O) groups excluding carboxylic acids is 1. The average molecular weight is 388 g/mol. The number of hydrogen-bond acceptors (Lipinski definition) is 4. The van der Waals surface area contributed by atoms with Crippen LogP contribution < -0.4 is 10.1 Å². The van der Waals surface area contributed by atoms with Crippen molar-refractivity contribution in [1.29, 1.82) is 0 Å². The Balaban J connectivity index is 1.56. The topological polar surface area (TPSA) is 56.8 Å². The summed E-state index contributed by atoms with van der Waals surface area (Å²) in [6.45, 7) is 8.20. The van der Waals surface area contributed by atoms with Crippen molar-refractivity contribution in [3.05, 3.63) is 29.8 Å². The zero-order valence-electron chi connectivity index (χ0n) is 17.5. The van der Waals surface area contributed by atoms with Crippen molar-refractivity contribution in [1.82, 2.24) is 5.32 Å². The minimum Gasteiger partial charge on any atom is -0.491 e. The van der Waals surface area contributed by atoms with Crippen LogP contribution in [0.3, 0.4) is 0 Å². The lowest BCUT2D eigenvalue weighted by molar-refractivity contribution is -0.136. The lowest BCUT2D eigenvalue weighted by atomic mass is 9.59. The summed E-state index contributed by atoms with van der Waals surface area (Å²) >= 11 is 0. The van der Waals surface area contributed by atoms with Crippen molar-refractivity contribution in [2.75, 3.05) is 26.9 Å². The van der Waals surface area contributed by atoms with Crippen LogP contribution in [0.1, 0.15) is 51.7 Å². The molecule has 0 radical (unpaired) electrons. The zero-order valence-corrected chi connectivity index (χ0v) is 17.5. The van der Waals surface area contributed by atoms with E-state index in [2.05, 4.69) is 31.3 Å². The number of ether oxygens (including phenoxy) is 3. The van der Waals surface area contributed by atoms with Gasteiger partial charge in [-0.1, -0.05) is 26.0 Å². The van der Waals surface area contributed by atoms with Gasteiger partial charge < -0.3 is 19.5 Å². The van der Waals surface area contributed by atoms with Gasteiger partial charge in [0.2, 0.25) is 5.91 Å². The van der Waals surface area contributed by atoms with Gasteiger partial charge in [0.05, 0.1) is 12.7 Å². The Morgan fingerprint density at radius 1 is 1.25 bits per heavy atom. The number of methoxy groups -OCH3 is 1. The Hall–Kier alpha value is -1.59. The maximum absolute atomic E-state index is 12.0. The normalized spacial score (nSPS) is 35.4. The van der Waals surface area contributed by atoms with Gasteiger partial charge in [0.1, 0.15) is 12.4 Å². The Morgan fingerprint density at radius 3 is 2.68 bits per heavy atom. The fourth-order valence-electron chi connectivity index (χ4n) is 6.32. The fraction of sp³-hybridized carbons (Fsp3) is 0.696. The van der Waals surface area contributed by atoms with Crippen LogP contribution in [-0.2, 0) is 14.3 Å². The van der Waals surface area contributed by atoms with Crippen LogP contribution in [0.4, 0.5) is 0 Å². The van der Waals surface area contributed by atoms with Crippen LogP contribution in [0, 0.1) is 22.7 Å². The smallest absolute Gasteiger partial charge is 0.217 e. The highest BCUT2D eigenvalue weighted by atomic mass is 16.5. The average Bonchev–Trinajstić information content (AvgIpc) is 3.15. The second-order valence-electron chi connectivity index (χ2n) is 9.38. The molecular formula is C23H33NO4. The molecule has 0 aromatic heterocycles. The van der Waals surface area contributed by atoms with Crippen LogP contribution in [0.15, 0.2) is 24.3 Å². The summed E-state index contributed by atoms with van der Waals surface area (Å²) in [6.07, 6.45) is 3.52. The van der Waals surface area contributed by atoms with Crippen LogP contribution in [0.2, 0.25) is 0 Å². The summed E-state index contributed by atoms with van der Waals surface area (Å²) in [5.74, 6) is 2.03. The molecule has 2 bridgehead atoms. The van der Waals surface area contributed by atoms with E-state index in [0.29, 0.717) is 25.0 Å². The Kier molecular flexibility index (Phi) is 5.17. The van der Waals surface area contributed by atoms with E-state index >= 15 is 0 Å². The van der Waals surface area contributed by atoms with E-state index in [1.54, 1.807) is 14.0 Å². The van der Waals surface area contributed by atoms with Crippen LogP contribution in [-0.4, -0.2) is 38.9 Å². The van der Waals surface area contributed by atoms with Crippen LogP contribution >= 0.6 is 0 Å². The molecule has 1 spiro atoms. The lowest BCUT2D eigenvalue weighted by Crippen LogP contribution is -2.58. The first-order chi connectivity index (χ1) is 13.4. The summed E-state index contributed by atoms with van der Waals surface area (Å²) in [4.78, 5) is 12.0. The summed E-state index contributed by atoms with van der Waals surface area (Å²) in [5, 5.41) is 3.34.